The van der Waals surface area contributed by atoms with Crippen LogP contribution in [0.1, 0.15) is 49.3 Å². The lowest BCUT2D eigenvalue weighted by Crippen LogP contribution is -2.07. The second kappa shape index (κ2) is 5.78. The van der Waals surface area contributed by atoms with Crippen molar-refractivity contribution in [1.82, 2.24) is 0 Å². The quantitative estimate of drug-likeness (QED) is 0.794. The molecule has 1 unspecified atom stereocenters. The Labute approximate surface area is 110 Å². The van der Waals surface area contributed by atoms with E-state index in [0.717, 1.165) is 43.4 Å². The minimum absolute atomic E-state index is 0.335. The van der Waals surface area contributed by atoms with E-state index in [2.05, 4.69) is 6.08 Å². The summed E-state index contributed by atoms with van der Waals surface area (Å²) in [6.45, 7) is 0. The van der Waals surface area contributed by atoms with Crippen LogP contribution in [0.3, 0.4) is 0 Å². The molecule has 4 heteroatoms. The van der Waals surface area contributed by atoms with Crippen molar-refractivity contribution in [1.29, 1.82) is 0 Å². The Morgan fingerprint density at radius 2 is 2.00 bits per heavy atom. The van der Waals surface area contributed by atoms with Crippen molar-refractivity contribution in [3.63, 3.8) is 0 Å². The average molecular weight is 270 g/mol. The molecule has 1 aliphatic rings. The van der Waals surface area contributed by atoms with Crippen LogP contribution in [0.15, 0.2) is 35.9 Å². The second-order valence-electron chi connectivity index (χ2n) is 4.95. The number of hydrogen-bond acceptors (Lipinski definition) is 1. The van der Waals surface area contributed by atoms with Gasteiger partial charge in [0.15, 0.2) is 0 Å². The maximum absolute atomic E-state index is 12.6. The topological polar surface area (TPSA) is 20.2 Å². The molecule has 0 radical (unpaired) electrons. The molecule has 104 valence electrons. The van der Waals surface area contributed by atoms with Gasteiger partial charge in [-0.3, -0.25) is 0 Å². The third-order valence-electron chi connectivity index (χ3n) is 3.44. The van der Waals surface area contributed by atoms with E-state index in [0.29, 0.717) is 12.0 Å². The Morgan fingerprint density at radius 1 is 1.21 bits per heavy atom. The minimum atomic E-state index is -4.36. The fraction of sp³-hybridized carbons (Fsp3) is 0.467. The molecule has 1 nitrogen and oxygen atoms in total. The van der Waals surface area contributed by atoms with Crippen LogP contribution in [0.2, 0.25) is 0 Å². The number of rotatable bonds is 3. The number of alkyl halides is 3. The molecule has 1 atom stereocenters. The van der Waals surface area contributed by atoms with Crippen molar-refractivity contribution in [3.8, 4) is 0 Å². The predicted octanol–water partition coefficient (Wildman–Crippen LogP) is 4.63. The first-order valence-electron chi connectivity index (χ1n) is 6.50. The van der Waals surface area contributed by atoms with E-state index >= 15 is 0 Å². The average Bonchev–Trinajstić information content (AvgIpc) is 2.39. The summed E-state index contributed by atoms with van der Waals surface area (Å²) < 4.78 is 37.8. The third kappa shape index (κ3) is 3.83. The second-order valence-corrected chi connectivity index (χ2v) is 4.95. The van der Waals surface area contributed by atoms with Crippen LogP contribution >= 0.6 is 0 Å². The molecule has 0 heterocycles. The Morgan fingerprint density at radius 3 is 2.63 bits per heavy atom. The molecule has 0 saturated carbocycles. The Kier molecular flexibility index (Phi) is 4.30. The maximum atomic E-state index is 12.6. The van der Waals surface area contributed by atoms with E-state index in [1.165, 1.54) is 6.07 Å². The number of hydrogen-bond donors (Lipinski definition) is 1. The Hall–Kier alpha value is -1.29. The van der Waals surface area contributed by atoms with Crippen molar-refractivity contribution in [2.24, 2.45) is 0 Å². The summed E-state index contributed by atoms with van der Waals surface area (Å²) in [5.41, 5.74) is 0.777. The Balaban J connectivity index is 2.10. The van der Waals surface area contributed by atoms with Gasteiger partial charge in [-0.15, -0.1) is 0 Å². The lowest BCUT2D eigenvalue weighted by Gasteiger charge is -2.18. The summed E-state index contributed by atoms with van der Waals surface area (Å²) in [6, 6.07) is 4.95. The molecule has 0 aromatic heterocycles. The van der Waals surface area contributed by atoms with Gasteiger partial charge >= 0.3 is 6.18 Å². The first-order chi connectivity index (χ1) is 8.97. The van der Waals surface area contributed by atoms with Crippen LogP contribution < -0.4 is 0 Å². The highest BCUT2D eigenvalue weighted by Crippen LogP contribution is 2.33. The number of aliphatic hydroxyl groups excluding tert-OH is 1. The molecular formula is C15H17F3O. The van der Waals surface area contributed by atoms with E-state index in [9.17, 15) is 18.3 Å². The van der Waals surface area contributed by atoms with Crippen LogP contribution in [0.5, 0.6) is 0 Å². The van der Waals surface area contributed by atoms with Gasteiger partial charge in [-0.25, -0.2) is 0 Å². The van der Waals surface area contributed by atoms with Crippen molar-refractivity contribution < 1.29 is 18.3 Å². The van der Waals surface area contributed by atoms with Gasteiger partial charge in [-0.2, -0.15) is 13.2 Å². The Bertz CT molecular complexity index is 463. The summed E-state index contributed by atoms with van der Waals surface area (Å²) >= 11 is 0. The molecule has 0 bridgehead atoms. The van der Waals surface area contributed by atoms with E-state index in [1.54, 1.807) is 6.07 Å². The van der Waals surface area contributed by atoms with E-state index in [-0.39, 0.29) is 0 Å². The van der Waals surface area contributed by atoms with Gasteiger partial charge in [0.25, 0.3) is 0 Å². The minimum Gasteiger partial charge on any atom is -0.388 e. The summed E-state index contributed by atoms with van der Waals surface area (Å²) in [4.78, 5) is 0. The number of allylic oxidation sites excluding steroid dienone is 1. The zero-order valence-corrected chi connectivity index (χ0v) is 10.6. The predicted molar refractivity (Wildman–Crippen MR) is 67.6 cm³/mol. The molecule has 0 amide bonds. The van der Waals surface area contributed by atoms with Gasteiger partial charge in [-0.05, 0) is 49.8 Å². The van der Waals surface area contributed by atoms with Crippen molar-refractivity contribution >= 4 is 0 Å². The molecule has 1 aromatic carbocycles. The molecular weight excluding hydrogens is 253 g/mol. The number of benzene rings is 1. The van der Waals surface area contributed by atoms with Crippen molar-refractivity contribution in [3.05, 3.63) is 47.0 Å². The number of halogens is 3. The molecule has 1 N–H and O–H groups in total. The molecule has 1 aromatic rings. The monoisotopic (exact) mass is 270 g/mol. The van der Waals surface area contributed by atoms with E-state index in [4.69, 9.17) is 0 Å². The largest absolute Gasteiger partial charge is 0.416 e. The summed E-state index contributed by atoms with van der Waals surface area (Å²) in [6.07, 6.45) is 1.51. The van der Waals surface area contributed by atoms with Crippen LogP contribution in [0.4, 0.5) is 13.2 Å². The highest BCUT2D eigenvalue weighted by molar-refractivity contribution is 5.28. The van der Waals surface area contributed by atoms with Crippen LogP contribution in [-0.2, 0) is 6.18 Å². The highest BCUT2D eigenvalue weighted by atomic mass is 19.4. The smallest absolute Gasteiger partial charge is 0.388 e. The molecule has 1 aliphatic carbocycles. The summed E-state index contributed by atoms with van der Waals surface area (Å²) in [5, 5.41) is 10.1. The van der Waals surface area contributed by atoms with Gasteiger partial charge in [0.1, 0.15) is 0 Å². The van der Waals surface area contributed by atoms with Crippen LogP contribution in [-0.4, -0.2) is 5.11 Å². The lowest BCUT2D eigenvalue weighted by atomic mass is 9.92. The van der Waals surface area contributed by atoms with Gasteiger partial charge in [0, 0.05) is 0 Å². The van der Waals surface area contributed by atoms with E-state index < -0.39 is 17.8 Å². The van der Waals surface area contributed by atoms with Gasteiger partial charge in [0.05, 0.1) is 11.7 Å². The first-order valence-corrected chi connectivity index (χ1v) is 6.50. The maximum Gasteiger partial charge on any atom is 0.416 e. The van der Waals surface area contributed by atoms with Gasteiger partial charge in [-0.1, -0.05) is 23.8 Å². The molecule has 0 spiro atoms. The van der Waals surface area contributed by atoms with Crippen LogP contribution in [0, 0.1) is 0 Å². The zero-order valence-electron chi connectivity index (χ0n) is 10.6. The molecule has 0 saturated heterocycles. The lowest BCUT2D eigenvalue weighted by molar-refractivity contribution is -0.137. The third-order valence-corrected chi connectivity index (χ3v) is 3.44. The normalized spacial score (nSPS) is 18.0. The molecule has 0 aliphatic heterocycles. The molecule has 2 rings (SSSR count). The van der Waals surface area contributed by atoms with Crippen LogP contribution in [0.25, 0.3) is 0 Å². The van der Waals surface area contributed by atoms with E-state index in [1.807, 2.05) is 0 Å². The standard InChI is InChI=1S/C15H17F3O/c16-15(17,18)13-8-4-7-12(10-13)14(19)9-11-5-2-1-3-6-11/h4-5,7-8,10,14,19H,1-3,6,9H2. The zero-order chi connectivity index (χ0) is 13.9. The summed E-state index contributed by atoms with van der Waals surface area (Å²) in [5.74, 6) is 0. The highest BCUT2D eigenvalue weighted by Gasteiger charge is 2.30. The van der Waals surface area contributed by atoms with Gasteiger partial charge in [0.2, 0.25) is 0 Å². The van der Waals surface area contributed by atoms with Gasteiger partial charge < -0.3 is 5.11 Å². The molecule has 0 fully saturated rings. The SMILES string of the molecule is OC(CC1=CCCCC1)c1cccc(C(F)(F)F)c1. The first kappa shape index (κ1) is 14.1. The van der Waals surface area contributed by atoms with Crippen molar-refractivity contribution in [2.75, 3.05) is 0 Å². The fourth-order valence-electron chi connectivity index (χ4n) is 2.38. The fourth-order valence-corrected chi connectivity index (χ4v) is 2.38. The van der Waals surface area contributed by atoms with Crippen molar-refractivity contribution in [2.45, 2.75) is 44.4 Å². The molecule has 19 heavy (non-hydrogen) atoms. The summed E-state index contributed by atoms with van der Waals surface area (Å²) in [7, 11) is 0. The number of aliphatic hydroxyl groups is 1.